The highest BCUT2D eigenvalue weighted by atomic mass is 16.6. The Labute approximate surface area is 186 Å². The Bertz CT molecular complexity index is 951. The van der Waals surface area contributed by atoms with Crippen molar-refractivity contribution in [1.29, 1.82) is 0 Å². The van der Waals surface area contributed by atoms with Crippen molar-refractivity contribution in [2.45, 2.75) is 37.8 Å². The quantitative estimate of drug-likeness (QED) is 0.285. The van der Waals surface area contributed by atoms with Crippen molar-refractivity contribution < 1.29 is 19.2 Å². The van der Waals surface area contributed by atoms with Crippen LogP contribution in [-0.4, -0.2) is 59.9 Å². The molecule has 168 valence electrons. The molecule has 8 nitrogen and oxygen atoms in total. The number of Topliss-reactive ketones (excluding diaryl/α,β-unsaturated/α-hetero) is 1. The average molecular weight is 437 g/mol. The molecule has 1 amide bonds. The Morgan fingerprint density at radius 1 is 1.00 bits per heavy atom. The van der Waals surface area contributed by atoms with Crippen LogP contribution in [0.15, 0.2) is 54.6 Å². The van der Waals surface area contributed by atoms with Gasteiger partial charge in [-0.1, -0.05) is 43.2 Å². The molecule has 1 atom stereocenters. The maximum absolute atomic E-state index is 14.1. The fourth-order valence-electron chi connectivity index (χ4n) is 4.58. The van der Waals surface area contributed by atoms with Crippen molar-refractivity contribution in [2.24, 2.45) is 0 Å². The molecular weight excluding hydrogens is 410 g/mol. The summed E-state index contributed by atoms with van der Waals surface area (Å²) in [5, 5.41) is 11.1. The van der Waals surface area contributed by atoms with Crippen LogP contribution in [0.5, 0.6) is 0 Å². The minimum absolute atomic E-state index is 0.0299. The van der Waals surface area contributed by atoms with Gasteiger partial charge >= 0.3 is 0 Å². The molecule has 0 radical (unpaired) electrons. The molecule has 1 unspecified atom stereocenters. The molecule has 8 heteroatoms. The Hall–Kier alpha value is -3.10. The minimum Gasteiger partial charge on any atom is -0.379 e. The van der Waals surface area contributed by atoms with Gasteiger partial charge < -0.3 is 9.64 Å². The molecule has 1 aliphatic carbocycles. The van der Waals surface area contributed by atoms with Gasteiger partial charge in [0.05, 0.1) is 18.1 Å². The van der Waals surface area contributed by atoms with Gasteiger partial charge in [-0.05, 0) is 25.0 Å². The number of anilines is 1. The number of nitro benzene ring substituents is 1. The zero-order chi connectivity index (χ0) is 22.5. The first-order valence-corrected chi connectivity index (χ1v) is 11.0. The normalized spacial score (nSPS) is 18.2. The number of hydrogen-bond donors (Lipinski definition) is 0. The van der Waals surface area contributed by atoms with E-state index in [0.29, 0.717) is 37.6 Å². The lowest BCUT2D eigenvalue weighted by atomic mass is 9.99. The Morgan fingerprint density at radius 3 is 2.22 bits per heavy atom. The van der Waals surface area contributed by atoms with E-state index in [1.807, 2.05) is 11.0 Å². The second kappa shape index (κ2) is 10.0. The second-order valence-corrected chi connectivity index (χ2v) is 8.20. The summed E-state index contributed by atoms with van der Waals surface area (Å²) in [6.45, 7) is 1.92. The number of morpholine rings is 1. The minimum atomic E-state index is -0.961. The molecule has 2 aliphatic rings. The maximum atomic E-state index is 14.1. The molecule has 1 saturated heterocycles. The van der Waals surface area contributed by atoms with Gasteiger partial charge in [0.25, 0.3) is 11.6 Å². The zero-order valence-corrected chi connectivity index (χ0v) is 17.9. The van der Waals surface area contributed by atoms with Crippen molar-refractivity contribution in [1.82, 2.24) is 4.90 Å². The summed E-state index contributed by atoms with van der Waals surface area (Å²) in [6, 6.07) is 13.9. The van der Waals surface area contributed by atoms with Gasteiger partial charge in [0, 0.05) is 42.5 Å². The third kappa shape index (κ3) is 4.71. The van der Waals surface area contributed by atoms with E-state index in [1.165, 1.54) is 12.1 Å². The molecule has 0 N–H and O–H groups in total. The monoisotopic (exact) mass is 437 g/mol. The number of rotatable bonds is 7. The van der Waals surface area contributed by atoms with Crippen molar-refractivity contribution in [3.8, 4) is 0 Å². The lowest BCUT2D eigenvalue weighted by Crippen LogP contribution is -2.57. The van der Waals surface area contributed by atoms with Crippen LogP contribution in [0.25, 0.3) is 0 Å². The van der Waals surface area contributed by atoms with Gasteiger partial charge in [-0.3, -0.25) is 24.6 Å². The first kappa shape index (κ1) is 22.1. The molecule has 1 heterocycles. The summed E-state index contributed by atoms with van der Waals surface area (Å²) in [7, 11) is 0. The van der Waals surface area contributed by atoms with E-state index in [4.69, 9.17) is 4.74 Å². The molecule has 0 aromatic heterocycles. The lowest BCUT2D eigenvalue weighted by Gasteiger charge is -2.38. The largest absolute Gasteiger partial charge is 0.379 e. The number of non-ortho nitro benzene ring substituents is 1. The smallest absolute Gasteiger partial charge is 0.269 e. The fraction of sp³-hybridized carbons (Fsp3) is 0.417. The van der Waals surface area contributed by atoms with Gasteiger partial charge in [0.2, 0.25) is 0 Å². The molecule has 32 heavy (non-hydrogen) atoms. The number of nitrogens with zero attached hydrogens (tertiary/aromatic N) is 3. The average Bonchev–Trinajstić information content (AvgIpc) is 3.35. The predicted molar refractivity (Wildman–Crippen MR) is 120 cm³/mol. The summed E-state index contributed by atoms with van der Waals surface area (Å²) in [5.41, 5.74) is 1.05. The van der Waals surface area contributed by atoms with Gasteiger partial charge in [-0.15, -0.1) is 0 Å². The summed E-state index contributed by atoms with van der Waals surface area (Å²) < 4.78 is 5.45. The van der Waals surface area contributed by atoms with E-state index >= 15 is 0 Å². The molecule has 4 rings (SSSR count). The van der Waals surface area contributed by atoms with Crippen LogP contribution in [0.2, 0.25) is 0 Å². The Kier molecular flexibility index (Phi) is 6.92. The van der Waals surface area contributed by atoms with Crippen molar-refractivity contribution in [2.75, 3.05) is 31.2 Å². The van der Waals surface area contributed by atoms with Crippen LogP contribution in [0.4, 0.5) is 11.4 Å². The third-order valence-corrected chi connectivity index (χ3v) is 6.22. The number of carbonyl (C=O) groups is 2. The Balaban J connectivity index is 1.71. The highest BCUT2D eigenvalue weighted by Gasteiger charge is 2.40. The van der Waals surface area contributed by atoms with E-state index in [0.717, 1.165) is 25.7 Å². The van der Waals surface area contributed by atoms with Crippen molar-refractivity contribution in [3.63, 3.8) is 0 Å². The third-order valence-electron chi connectivity index (χ3n) is 6.22. The number of ketones is 1. The molecule has 0 spiro atoms. The van der Waals surface area contributed by atoms with Crippen LogP contribution in [0.3, 0.4) is 0 Å². The van der Waals surface area contributed by atoms with Crippen LogP contribution in [-0.2, 0) is 9.53 Å². The van der Waals surface area contributed by atoms with Crippen LogP contribution >= 0.6 is 0 Å². The lowest BCUT2D eigenvalue weighted by molar-refractivity contribution is -0.384. The topological polar surface area (TPSA) is 93.0 Å². The first-order valence-electron chi connectivity index (χ1n) is 11.0. The molecular formula is C24H27N3O5. The van der Waals surface area contributed by atoms with E-state index in [9.17, 15) is 19.7 Å². The van der Waals surface area contributed by atoms with Crippen molar-refractivity contribution >= 4 is 23.1 Å². The van der Waals surface area contributed by atoms with Crippen molar-refractivity contribution in [3.05, 3.63) is 70.3 Å². The zero-order valence-electron chi connectivity index (χ0n) is 17.9. The van der Waals surface area contributed by atoms with E-state index in [1.54, 1.807) is 41.3 Å². The molecule has 2 fully saturated rings. The molecule has 0 bridgehead atoms. The number of hydrogen-bond acceptors (Lipinski definition) is 6. The van der Waals surface area contributed by atoms with E-state index in [-0.39, 0.29) is 23.4 Å². The highest BCUT2D eigenvalue weighted by molar-refractivity contribution is 6.18. The number of benzene rings is 2. The van der Waals surface area contributed by atoms with E-state index < -0.39 is 11.0 Å². The predicted octanol–water partition coefficient (Wildman–Crippen LogP) is 3.45. The van der Waals surface area contributed by atoms with Gasteiger partial charge in [-0.2, -0.15) is 0 Å². The summed E-state index contributed by atoms with van der Waals surface area (Å²) in [5.74, 6) is -0.510. The highest BCUT2D eigenvalue weighted by Crippen LogP contribution is 2.31. The number of amides is 1. The first-order chi connectivity index (χ1) is 15.6. The van der Waals surface area contributed by atoms with Crippen LogP contribution < -0.4 is 4.90 Å². The molecule has 1 saturated carbocycles. The second-order valence-electron chi connectivity index (χ2n) is 8.20. The SMILES string of the molecule is O=C(c1ccccc1)C(C(=O)N(c1ccc([N+](=O)[O-])cc1)C1CCCC1)N1CCOCC1. The standard InChI is InChI=1S/C24H27N3O5/c28-23(18-6-2-1-3-7-18)22(25-14-16-32-17-15-25)24(29)26(19-8-4-5-9-19)20-10-12-21(13-11-20)27(30)31/h1-3,6-7,10-13,19,22H,4-5,8-9,14-17H2. The van der Waals surface area contributed by atoms with Crippen LogP contribution in [0.1, 0.15) is 36.0 Å². The van der Waals surface area contributed by atoms with Gasteiger partial charge in [0.1, 0.15) is 0 Å². The molecule has 1 aliphatic heterocycles. The Morgan fingerprint density at radius 2 is 1.62 bits per heavy atom. The summed E-state index contributed by atoms with van der Waals surface area (Å²) in [4.78, 5) is 41.9. The summed E-state index contributed by atoms with van der Waals surface area (Å²) in [6.07, 6.45) is 3.71. The number of nitro groups is 1. The molecule has 2 aromatic rings. The number of carbonyl (C=O) groups excluding carboxylic acids is 2. The van der Waals surface area contributed by atoms with Gasteiger partial charge in [0.15, 0.2) is 11.8 Å². The maximum Gasteiger partial charge on any atom is 0.269 e. The number of ether oxygens (including phenoxy) is 1. The molecule has 2 aromatic carbocycles. The van der Waals surface area contributed by atoms with E-state index in [2.05, 4.69) is 0 Å². The summed E-state index contributed by atoms with van der Waals surface area (Å²) >= 11 is 0. The fourth-order valence-corrected chi connectivity index (χ4v) is 4.58. The van der Waals surface area contributed by atoms with Crippen LogP contribution in [0, 0.1) is 10.1 Å². The van der Waals surface area contributed by atoms with Gasteiger partial charge in [-0.25, -0.2) is 0 Å².